The van der Waals surface area contributed by atoms with Gasteiger partial charge in [-0.3, -0.25) is 14.5 Å². The Kier molecular flexibility index (Phi) is 5.50. The summed E-state index contributed by atoms with van der Waals surface area (Å²) in [6, 6.07) is 4.22. The molecule has 0 fully saturated rings. The van der Waals surface area contributed by atoms with Crippen LogP contribution in [0.25, 0.3) is 21.8 Å². The molecule has 1 aliphatic rings. The van der Waals surface area contributed by atoms with Crippen LogP contribution in [0.1, 0.15) is 51.1 Å². The lowest BCUT2D eigenvalue weighted by atomic mass is 10.0. The summed E-state index contributed by atoms with van der Waals surface area (Å²) in [6.07, 6.45) is 5.77. The largest absolute Gasteiger partial charge is 0.302 e. The molecule has 1 aliphatic carbocycles. The first-order chi connectivity index (χ1) is 14.0. The van der Waals surface area contributed by atoms with Crippen LogP contribution in [0, 0.1) is 5.92 Å². The molecule has 0 aliphatic heterocycles. The molecule has 3 heterocycles. The number of aromatic nitrogens is 4. The van der Waals surface area contributed by atoms with Crippen LogP contribution in [0.15, 0.2) is 18.3 Å². The van der Waals surface area contributed by atoms with Crippen LogP contribution in [0.3, 0.4) is 0 Å². The molecule has 0 unspecified atom stereocenters. The number of fused-ring (bicyclic) bond motifs is 3. The molecule has 4 rings (SSSR count). The number of nitrogens with zero attached hydrogens (tertiary/aromatic N) is 4. The third kappa shape index (κ3) is 3.96. The highest BCUT2D eigenvalue weighted by Crippen LogP contribution is 2.42. The van der Waals surface area contributed by atoms with Crippen LogP contribution in [-0.2, 0) is 30.6 Å². The smallest absolute Gasteiger partial charge is 0.223 e. The fourth-order valence-corrected chi connectivity index (χ4v) is 4.95. The zero-order valence-corrected chi connectivity index (χ0v) is 18.3. The minimum absolute atomic E-state index is 0.0902. The summed E-state index contributed by atoms with van der Waals surface area (Å²) in [7, 11) is 0. The van der Waals surface area contributed by atoms with Gasteiger partial charge in [0.25, 0.3) is 0 Å². The van der Waals surface area contributed by atoms with Crippen molar-refractivity contribution in [3.8, 4) is 21.8 Å². The second-order valence-electron chi connectivity index (χ2n) is 7.97. The molecule has 0 spiro atoms. The van der Waals surface area contributed by atoms with E-state index >= 15 is 0 Å². The number of thiazole rings is 1. The lowest BCUT2D eigenvalue weighted by Crippen LogP contribution is -2.08. The summed E-state index contributed by atoms with van der Waals surface area (Å²) in [5.74, 6) is 0.384. The zero-order chi connectivity index (χ0) is 20.5. The van der Waals surface area contributed by atoms with Gasteiger partial charge < -0.3 is 5.32 Å². The number of carbonyl (C=O) groups is 1. The van der Waals surface area contributed by atoms with Gasteiger partial charge in [0.1, 0.15) is 0 Å². The second kappa shape index (κ2) is 8.06. The summed E-state index contributed by atoms with van der Waals surface area (Å²) in [5.41, 5.74) is 6.68. The van der Waals surface area contributed by atoms with Gasteiger partial charge >= 0.3 is 0 Å². The minimum atomic E-state index is -0.0902. The normalized spacial score (nSPS) is 13.1. The Morgan fingerprint density at radius 1 is 1.31 bits per heavy atom. The van der Waals surface area contributed by atoms with E-state index < -0.39 is 0 Å². The summed E-state index contributed by atoms with van der Waals surface area (Å²) in [4.78, 5) is 22.0. The van der Waals surface area contributed by atoms with E-state index in [1.54, 1.807) is 11.3 Å². The molecule has 0 aromatic carbocycles. The lowest BCUT2D eigenvalue weighted by molar-refractivity contribution is -0.114. The van der Waals surface area contributed by atoms with Gasteiger partial charge in [-0.05, 0) is 43.7 Å². The number of hydrogen-bond donors (Lipinski definition) is 1. The Morgan fingerprint density at radius 3 is 2.79 bits per heavy atom. The monoisotopic (exact) mass is 409 g/mol. The van der Waals surface area contributed by atoms with Crippen LogP contribution >= 0.6 is 11.3 Å². The molecule has 0 radical (unpaired) electrons. The highest BCUT2D eigenvalue weighted by Gasteiger charge is 2.28. The fourth-order valence-electron chi connectivity index (χ4n) is 3.82. The molecule has 29 heavy (non-hydrogen) atoms. The van der Waals surface area contributed by atoms with Gasteiger partial charge in [-0.15, -0.1) is 0 Å². The van der Waals surface area contributed by atoms with Crippen molar-refractivity contribution in [3.63, 3.8) is 0 Å². The van der Waals surface area contributed by atoms with Gasteiger partial charge in [0.15, 0.2) is 5.13 Å². The van der Waals surface area contributed by atoms with E-state index in [1.165, 1.54) is 12.5 Å². The maximum atomic E-state index is 11.5. The number of anilines is 1. The van der Waals surface area contributed by atoms with E-state index in [9.17, 15) is 4.79 Å². The molecule has 6 nitrogen and oxygen atoms in total. The van der Waals surface area contributed by atoms with E-state index in [1.807, 2.05) is 6.20 Å². The Hall–Kier alpha value is -2.54. The highest BCUT2D eigenvalue weighted by atomic mass is 32.1. The molecular formula is C22H27N5OS. The number of carbonyl (C=O) groups excluding carboxylic acids is 1. The maximum absolute atomic E-state index is 11.5. The van der Waals surface area contributed by atoms with Crippen molar-refractivity contribution in [1.29, 1.82) is 0 Å². The van der Waals surface area contributed by atoms with Crippen molar-refractivity contribution in [2.45, 2.75) is 59.9 Å². The average molecular weight is 410 g/mol. The third-order valence-electron chi connectivity index (χ3n) is 5.08. The van der Waals surface area contributed by atoms with Gasteiger partial charge in [0, 0.05) is 36.5 Å². The molecule has 0 saturated heterocycles. The molecule has 1 N–H and O–H groups in total. The lowest BCUT2D eigenvalue weighted by Gasteiger charge is -2.09. The quantitative estimate of drug-likeness (QED) is 0.661. The minimum Gasteiger partial charge on any atom is -0.302 e. The van der Waals surface area contributed by atoms with Gasteiger partial charge in [0.05, 0.1) is 22.0 Å². The molecule has 0 saturated carbocycles. The first kappa shape index (κ1) is 19.8. The van der Waals surface area contributed by atoms with E-state index in [0.717, 1.165) is 65.4 Å². The molecule has 1 amide bonds. The van der Waals surface area contributed by atoms with Crippen molar-refractivity contribution in [2.24, 2.45) is 5.92 Å². The molecule has 3 aromatic rings. The molecular weight excluding hydrogens is 382 g/mol. The number of aryl methyl sites for hydroxylation is 2. The third-order valence-corrected chi connectivity index (χ3v) is 6.10. The second-order valence-corrected chi connectivity index (χ2v) is 8.97. The van der Waals surface area contributed by atoms with E-state index in [0.29, 0.717) is 11.0 Å². The van der Waals surface area contributed by atoms with E-state index in [4.69, 9.17) is 10.1 Å². The average Bonchev–Trinajstić information content (AvgIpc) is 3.16. The summed E-state index contributed by atoms with van der Waals surface area (Å²) >= 11 is 1.56. The van der Waals surface area contributed by atoms with E-state index in [-0.39, 0.29) is 5.91 Å². The number of nitrogens with one attached hydrogen (secondary N) is 1. The summed E-state index contributed by atoms with van der Waals surface area (Å²) < 4.78 is 2.14. The molecule has 7 heteroatoms. The standard InChI is InChI=1S/C22H27N5OS/c1-5-16-10-9-15(11-23-16)19-17-7-6-8-18-21(29-22(25-18)24-14(4)28)20(17)27(26-19)12-13(2)3/h9-11,13H,5-8,12H2,1-4H3,(H,24,25,28). The van der Waals surface area contributed by atoms with Gasteiger partial charge in [-0.25, -0.2) is 4.98 Å². The Balaban J connectivity index is 1.87. The van der Waals surface area contributed by atoms with Crippen molar-refractivity contribution >= 4 is 22.4 Å². The van der Waals surface area contributed by atoms with Crippen LogP contribution in [0.4, 0.5) is 5.13 Å². The zero-order valence-electron chi connectivity index (χ0n) is 17.5. The van der Waals surface area contributed by atoms with Gasteiger partial charge in [-0.2, -0.15) is 5.10 Å². The van der Waals surface area contributed by atoms with Crippen LogP contribution in [0.5, 0.6) is 0 Å². The molecule has 3 aromatic heterocycles. The first-order valence-electron chi connectivity index (χ1n) is 10.3. The van der Waals surface area contributed by atoms with E-state index in [2.05, 4.69) is 47.9 Å². The first-order valence-corrected chi connectivity index (χ1v) is 11.1. The molecule has 152 valence electrons. The Morgan fingerprint density at radius 2 is 2.14 bits per heavy atom. The predicted molar refractivity (Wildman–Crippen MR) is 117 cm³/mol. The topological polar surface area (TPSA) is 72.7 Å². The number of rotatable bonds is 5. The number of amides is 1. The maximum Gasteiger partial charge on any atom is 0.223 e. The Bertz CT molecular complexity index is 1030. The van der Waals surface area contributed by atoms with Crippen molar-refractivity contribution in [3.05, 3.63) is 35.3 Å². The van der Waals surface area contributed by atoms with Crippen molar-refractivity contribution in [1.82, 2.24) is 19.7 Å². The van der Waals surface area contributed by atoms with Crippen LogP contribution in [-0.4, -0.2) is 25.7 Å². The summed E-state index contributed by atoms with van der Waals surface area (Å²) in [5, 5.41) is 8.56. The SMILES string of the molecule is CCc1ccc(-c2nn(CC(C)C)c3c2CCCc2nc(NC(C)=O)sc2-3)cn1. The van der Waals surface area contributed by atoms with Crippen molar-refractivity contribution in [2.75, 3.05) is 5.32 Å². The number of pyridine rings is 1. The van der Waals surface area contributed by atoms with Gasteiger partial charge in [-0.1, -0.05) is 32.1 Å². The van der Waals surface area contributed by atoms with Crippen molar-refractivity contribution < 1.29 is 4.79 Å². The fraction of sp³-hybridized carbons (Fsp3) is 0.455. The molecule has 0 bridgehead atoms. The van der Waals surface area contributed by atoms with Gasteiger partial charge in [0.2, 0.25) is 5.91 Å². The Labute approximate surface area is 175 Å². The number of hydrogen-bond acceptors (Lipinski definition) is 5. The highest BCUT2D eigenvalue weighted by molar-refractivity contribution is 7.19. The van der Waals surface area contributed by atoms with Crippen LogP contribution in [0.2, 0.25) is 0 Å². The van der Waals surface area contributed by atoms with Crippen LogP contribution < -0.4 is 5.32 Å². The predicted octanol–water partition coefficient (Wildman–Crippen LogP) is 4.73. The summed E-state index contributed by atoms with van der Waals surface area (Å²) in [6.45, 7) is 8.89. The molecule has 0 atom stereocenters.